The molecule has 1 aromatic heterocycles. The van der Waals surface area contributed by atoms with E-state index in [1.807, 2.05) is 0 Å². The molecule has 0 aliphatic heterocycles. The highest BCUT2D eigenvalue weighted by Crippen LogP contribution is 2.36. The number of alkyl halides is 3. The van der Waals surface area contributed by atoms with E-state index in [0.29, 0.717) is 17.0 Å². The van der Waals surface area contributed by atoms with Crippen molar-refractivity contribution in [2.24, 2.45) is 4.99 Å². The smallest absolute Gasteiger partial charge is 0.325 e. The average Bonchev–Trinajstić information content (AvgIpc) is 2.65. The van der Waals surface area contributed by atoms with Crippen molar-refractivity contribution in [2.45, 2.75) is 18.4 Å². The fourth-order valence-electron chi connectivity index (χ4n) is 2.66. The minimum Gasteiger partial charge on any atom is -0.325 e. The second-order valence-corrected chi connectivity index (χ2v) is 6.48. The van der Waals surface area contributed by atoms with Gasteiger partial charge in [-0.3, -0.25) is 14.7 Å². The normalized spacial score (nSPS) is 13.2. The lowest BCUT2D eigenvalue weighted by Crippen LogP contribution is -2.64. The molecule has 0 unspecified atom stereocenters. The van der Waals surface area contributed by atoms with Crippen LogP contribution in [0.2, 0.25) is 5.02 Å². The maximum absolute atomic E-state index is 13.3. The first-order valence-corrected chi connectivity index (χ1v) is 8.69. The first-order chi connectivity index (χ1) is 14.6. The zero-order chi connectivity index (χ0) is 24.5. The van der Waals surface area contributed by atoms with Crippen LogP contribution >= 0.6 is 11.6 Å². The van der Waals surface area contributed by atoms with Crippen LogP contribution in [0.3, 0.4) is 0 Å². The molecule has 32 heavy (non-hydrogen) atoms. The molecular weight excluding hydrogens is 465 g/mol. The van der Waals surface area contributed by atoms with Gasteiger partial charge in [-0.1, -0.05) is 23.7 Å². The first kappa shape index (κ1) is 25.4. The van der Waals surface area contributed by atoms with Gasteiger partial charge in [-0.05, 0) is 24.3 Å². The third-order valence-corrected chi connectivity index (χ3v) is 4.20. The number of nitrogens with zero attached hydrogens (tertiary/aromatic N) is 4. The van der Waals surface area contributed by atoms with Crippen LogP contribution < -0.4 is 4.90 Å². The molecule has 11 nitrogen and oxygen atoms in total. The molecule has 2 aromatic rings. The van der Waals surface area contributed by atoms with Crippen molar-refractivity contribution < 1.29 is 48.6 Å². The van der Waals surface area contributed by atoms with Crippen LogP contribution in [0.25, 0.3) is 0 Å². The molecule has 1 heterocycles. The van der Waals surface area contributed by atoms with E-state index in [1.165, 1.54) is 24.3 Å². The lowest BCUT2D eigenvalue weighted by molar-refractivity contribution is -0.488. The van der Waals surface area contributed by atoms with Gasteiger partial charge in [-0.15, -0.1) is 0 Å². The molecule has 15 heteroatoms. The number of pyridine rings is 1. The predicted octanol–water partition coefficient (Wildman–Crippen LogP) is -0.0969. The number of benzene rings is 1. The summed E-state index contributed by atoms with van der Waals surface area (Å²) in [5, 5.41) is 56.8. The number of hydrogen-bond donors (Lipinski definition) is 6. The van der Waals surface area contributed by atoms with Crippen LogP contribution in [0.1, 0.15) is 11.3 Å². The Hall–Kier alpha value is -2.85. The molecule has 0 fully saturated rings. The molecule has 0 aliphatic rings. The van der Waals surface area contributed by atoms with Crippen LogP contribution in [0, 0.1) is 0 Å². The minimum absolute atomic E-state index is 0.0268. The zero-order valence-electron chi connectivity index (χ0n) is 15.9. The maximum Gasteiger partial charge on any atom is 0.433 e. The van der Waals surface area contributed by atoms with Crippen molar-refractivity contribution >= 4 is 35.4 Å². The van der Waals surface area contributed by atoms with E-state index in [2.05, 4.69) is 9.98 Å². The van der Waals surface area contributed by atoms with Crippen molar-refractivity contribution in [3.05, 3.63) is 52.7 Å². The molecule has 0 radical (unpaired) electrons. The Balaban J connectivity index is 2.88. The van der Waals surface area contributed by atoms with E-state index in [-0.39, 0.29) is 17.1 Å². The second kappa shape index (κ2) is 8.95. The van der Waals surface area contributed by atoms with Crippen molar-refractivity contribution in [3.8, 4) is 0 Å². The predicted molar refractivity (Wildman–Crippen MR) is 102 cm³/mol. The number of hydrogen-bond acceptors (Lipinski definition) is 9. The highest BCUT2D eigenvalue weighted by atomic mass is 35.5. The highest BCUT2D eigenvalue weighted by Gasteiger charge is 2.48. The molecule has 0 spiro atoms. The molecule has 1 amide bonds. The number of anilines is 2. The lowest BCUT2D eigenvalue weighted by atomic mass is 10.1. The Morgan fingerprint density at radius 1 is 1.03 bits per heavy atom. The third-order valence-electron chi connectivity index (χ3n) is 3.88. The van der Waals surface area contributed by atoms with Crippen LogP contribution in [0.5, 0.6) is 0 Å². The van der Waals surface area contributed by atoms with Gasteiger partial charge in [-0.2, -0.15) is 13.2 Å². The van der Waals surface area contributed by atoms with Gasteiger partial charge in [0.25, 0.3) is 0 Å². The zero-order valence-corrected chi connectivity index (χ0v) is 16.7. The van der Waals surface area contributed by atoms with Gasteiger partial charge in [0.1, 0.15) is 11.5 Å². The number of aliphatic imine (C=N–C) groups is 1. The Labute approximate surface area is 182 Å². The van der Waals surface area contributed by atoms with Gasteiger partial charge in [-0.25, -0.2) is 9.88 Å². The fourth-order valence-corrected chi connectivity index (χ4v) is 2.89. The molecule has 174 valence electrons. The second-order valence-electron chi connectivity index (χ2n) is 6.07. The number of carbonyl (C=O) groups excluding carboxylic acids is 1. The number of rotatable bonds is 6. The van der Waals surface area contributed by atoms with Crippen molar-refractivity contribution in [1.82, 2.24) is 9.88 Å². The topological polar surface area (TPSA) is 170 Å². The van der Waals surface area contributed by atoms with E-state index in [1.54, 1.807) is 0 Å². The Morgan fingerprint density at radius 2 is 1.59 bits per heavy atom. The van der Waals surface area contributed by atoms with Gasteiger partial charge in [0.05, 0.1) is 16.3 Å². The number of amidine groups is 1. The summed E-state index contributed by atoms with van der Waals surface area (Å²) < 4.78 is 39.9. The average molecular weight is 481 g/mol. The molecule has 0 saturated carbocycles. The van der Waals surface area contributed by atoms with Crippen molar-refractivity contribution in [3.63, 3.8) is 0 Å². The number of carbonyl (C=O) groups is 1. The SMILES string of the molecule is CN=C(c1ccc(C(F)(F)F)nc1N(C=O)c1ccccc1Cl)N(C(O)(O)O)C(O)(O)O. The maximum atomic E-state index is 13.3. The molecule has 0 aliphatic carbocycles. The van der Waals surface area contributed by atoms with Gasteiger partial charge in [0.2, 0.25) is 6.41 Å². The van der Waals surface area contributed by atoms with E-state index in [4.69, 9.17) is 11.6 Å². The quantitative estimate of drug-likeness (QED) is 0.143. The summed E-state index contributed by atoms with van der Waals surface area (Å²) in [7, 11) is 0.891. The number of para-hydroxylation sites is 1. The van der Waals surface area contributed by atoms with Gasteiger partial charge in [0, 0.05) is 7.05 Å². The Kier molecular flexibility index (Phi) is 7.11. The van der Waals surface area contributed by atoms with Crippen LogP contribution in [-0.4, -0.2) is 72.0 Å². The standard InChI is InChI=1S/C17H16ClF3N4O7/c1-22-13(25(16(27,28)29)17(30,31)32)9-6-7-12(15(19,20)21)23-14(9)24(8-26)11-5-3-2-4-10(11)18/h2-8,27-32H,1H3. The van der Waals surface area contributed by atoms with E-state index in [9.17, 15) is 48.6 Å². The largest absolute Gasteiger partial charge is 0.433 e. The lowest BCUT2D eigenvalue weighted by Gasteiger charge is -2.38. The summed E-state index contributed by atoms with van der Waals surface area (Å²) in [4.78, 5) is 18.5. The number of amides is 1. The molecule has 2 rings (SSSR count). The van der Waals surface area contributed by atoms with Gasteiger partial charge in [0.15, 0.2) is 5.82 Å². The number of aliphatic hydroxyl groups is 6. The summed E-state index contributed by atoms with van der Waals surface area (Å²) in [5.74, 6) is -1.97. The molecule has 6 N–H and O–H groups in total. The Bertz CT molecular complexity index is 1010. The van der Waals surface area contributed by atoms with E-state index >= 15 is 0 Å². The molecule has 0 atom stereocenters. The van der Waals surface area contributed by atoms with Gasteiger partial charge >= 0.3 is 18.4 Å². The first-order valence-electron chi connectivity index (χ1n) is 8.32. The monoisotopic (exact) mass is 480 g/mol. The summed E-state index contributed by atoms with van der Waals surface area (Å²) in [5.41, 5.74) is -2.34. The fraction of sp³-hybridized carbons (Fsp3) is 0.235. The minimum atomic E-state index is -4.99. The Morgan fingerprint density at radius 3 is 2.03 bits per heavy atom. The van der Waals surface area contributed by atoms with Gasteiger partial charge < -0.3 is 30.6 Å². The van der Waals surface area contributed by atoms with Crippen LogP contribution in [0.4, 0.5) is 24.7 Å². The van der Waals surface area contributed by atoms with Crippen LogP contribution in [0.15, 0.2) is 41.4 Å². The molecule has 1 aromatic carbocycles. The highest BCUT2D eigenvalue weighted by molar-refractivity contribution is 6.33. The summed E-state index contributed by atoms with van der Waals surface area (Å²) in [6.45, 7) is 0. The van der Waals surface area contributed by atoms with Crippen molar-refractivity contribution in [2.75, 3.05) is 11.9 Å². The molecule has 0 bridgehead atoms. The van der Waals surface area contributed by atoms with Crippen molar-refractivity contribution in [1.29, 1.82) is 0 Å². The van der Waals surface area contributed by atoms with Crippen LogP contribution in [-0.2, 0) is 11.0 Å². The van der Waals surface area contributed by atoms with E-state index < -0.39 is 46.2 Å². The summed E-state index contributed by atoms with van der Waals surface area (Å²) >= 11 is 6.02. The molecular formula is C17H16ClF3N4O7. The number of aromatic nitrogens is 1. The summed E-state index contributed by atoms with van der Waals surface area (Å²) in [6, 6.07) is 6.44. The molecule has 0 saturated heterocycles. The van der Waals surface area contributed by atoms with E-state index in [0.717, 1.165) is 7.05 Å². The summed E-state index contributed by atoms with van der Waals surface area (Å²) in [6.07, 6.45) is -13.3. The third kappa shape index (κ3) is 5.31. The number of halogens is 4.